The van der Waals surface area contributed by atoms with Crippen LogP contribution >= 0.6 is 11.6 Å². The number of primary amides is 1. The van der Waals surface area contributed by atoms with Crippen LogP contribution in [-0.4, -0.2) is 29.9 Å². The van der Waals surface area contributed by atoms with Crippen molar-refractivity contribution < 1.29 is 14.4 Å². The van der Waals surface area contributed by atoms with E-state index >= 15 is 0 Å². The summed E-state index contributed by atoms with van der Waals surface area (Å²) in [5.74, 6) is -1.24. The van der Waals surface area contributed by atoms with E-state index in [1.54, 1.807) is 24.3 Å². The summed E-state index contributed by atoms with van der Waals surface area (Å²) in [7, 11) is 0. The normalized spacial score (nSPS) is 18.4. The average molecular weight is 519 g/mol. The van der Waals surface area contributed by atoms with Crippen LogP contribution in [0.2, 0.25) is 5.02 Å². The van der Waals surface area contributed by atoms with E-state index in [2.05, 4.69) is 10.6 Å². The molecular formula is C29H31ClN4O3. The predicted octanol–water partition coefficient (Wildman–Crippen LogP) is 5.30. The Labute approximate surface area is 222 Å². The first kappa shape index (κ1) is 26.2. The molecule has 0 saturated carbocycles. The van der Waals surface area contributed by atoms with E-state index in [4.69, 9.17) is 17.3 Å². The van der Waals surface area contributed by atoms with Crippen LogP contribution in [0.3, 0.4) is 0 Å². The first-order chi connectivity index (χ1) is 17.6. The minimum atomic E-state index is -0.940. The van der Waals surface area contributed by atoms with Crippen molar-refractivity contribution in [3.8, 4) is 0 Å². The van der Waals surface area contributed by atoms with Crippen LogP contribution in [0.25, 0.3) is 0 Å². The fraction of sp³-hybridized carbons (Fsp3) is 0.276. The largest absolute Gasteiger partial charge is 0.368 e. The summed E-state index contributed by atoms with van der Waals surface area (Å²) in [5, 5.41) is 5.95. The predicted molar refractivity (Wildman–Crippen MR) is 147 cm³/mol. The van der Waals surface area contributed by atoms with Gasteiger partial charge in [0.05, 0.1) is 10.7 Å². The van der Waals surface area contributed by atoms with Gasteiger partial charge in [0, 0.05) is 11.6 Å². The molecule has 7 nitrogen and oxygen atoms in total. The van der Waals surface area contributed by atoms with E-state index in [9.17, 15) is 14.4 Å². The Bertz CT molecular complexity index is 1310. The molecule has 0 bridgehead atoms. The molecule has 3 unspecified atom stereocenters. The quantitative estimate of drug-likeness (QED) is 0.427. The lowest BCUT2D eigenvalue weighted by Gasteiger charge is -2.39. The maximum Gasteiger partial charge on any atom is 0.319 e. The number of nitrogens with one attached hydrogen (secondary N) is 2. The Hall–Kier alpha value is -3.84. The number of halogens is 1. The van der Waals surface area contributed by atoms with Crippen molar-refractivity contribution in [2.24, 2.45) is 11.1 Å². The molecule has 0 aliphatic carbocycles. The van der Waals surface area contributed by atoms with Gasteiger partial charge in [-0.1, -0.05) is 93.0 Å². The van der Waals surface area contributed by atoms with E-state index in [1.807, 2.05) is 75.4 Å². The topological polar surface area (TPSA) is 105 Å². The van der Waals surface area contributed by atoms with Crippen LogP contribution in [0.1, 0.15) is 44.2 Å². The van der Waals surface area contributed by atoms with Gasteiger partial charge in [0.2, 0.25) is 11.8 Å². The van der Waals surface area contributed by atoms with Gasteiger partial charge < -0.3 is 16.4 Å². The molecule has 3 aromatic rings. The molecule has 192 valence electrons. The fourth-order valence-corrected chi connectivity index (χ4v) is 5.14. The lowest BCUT2D eigenvalue weighted by Crippen LogP contribution is -2.59. The first-order valence-electron chi connectivity index (χ1n) is 12.2. The number of nitrogens with zero attached hydrogens (tertiary/aromatic N) is 1. The highest BCUT2D eigenvalue weighted by atomic mass is 35.5. The molecule has 3 atom stereocenters. The molecule has 1 aliphatic rings. The highest BCUT2D eigenvalue weighted by Crippen LogP contribution is 2.42. The van der Waals surface area contributed by atoms with Crippen LogP contribution < -0.4 is 21.3 Å². The maximum absolute atomic E-state index is 14.2. The van der Waals surface area contributed by atoms with Gasteiger partial charge in [-0.2, -0.15) is 0 Å². The number of nitrogens with two attached hydrogens (primary N) is 1. The minimum absolute atomic E-state index is 0.217. The van der Waals surface area contributed by atoms with Gasteiger partial charge in [-0.25, -0.2) is 4.79 Å². The zero-order valence-electron chi connectivity index (χ0n) is 21.1. The number of amides is 4. The Morgan fingerprint density at radius 2 is 1.59 bits per heavy atom. The Morgan fingerprint density at radius 1 is 0.973 bits per heavy atom. The van der Waals surface area contributed by atoms with Gasteiger partial charge in [0.1, 0.15) is 12.1 Å². The van der Waals surface area contributed by atoms with E-state index in [1.165, 1.54) is 4.90 Å². The summed E-state index contributed by atoms with van der Waals surface area (Å²) in [5.41, 5.74) is 8.14. The van der Waals surface area contributed by atoms with Crippen molar-refractivity contribution in [3.05, 3.63) is 95.0 Å². The van der Waals surface area contributed by atoms with Crippen LogP contribution in [-0.2, 0) is 9.59 Å². The number of carbonyl (C=O) groups excluding carboxylic acids is 3. The molecule has 4 amide bonds. The number of rotatable bonds is 5. The van der Waals surface area contributed by atoms with Crippen LogP contribution in [0.4, 0.5) is 16.2 Å². The molecule has 0 radical (unpaired) electrons. The van der Waals surface area contributed by atoms with Crippen LogP contribution in [0, 0.1) is 5.41 Å². The molecule has 4 N–H and O–H groups in total. The fourth-order valence-electron chi connectivity index (χ4n) is 4.96. The van der Waals surface area contributed by atoms with E-state index in [0.717, 1.165) is 11.1 Å². The summed E-state index contributed by atoms with van der Waals surface area (Å²) in [4.78, 5) is 41.5. The van der Waals surface area contributed by atoms with Crippen molar-refractivity contribution in [3.63, 3.8) is 0 Å². The lowest BCUT2D eigenvalue weighted by atomic mass is 9.84. The second kappa shape index (κ2) is 10.6. The SMILES string of the molecule is CC(C)(C)C(C(N)=O)N1C(=O)C(NC(=O)Nc2ccccc2Cl)CC(c2ccccc2)c2ccccc21. The number of urea groups is 1. The molecule has 0 aromatic heterocycles. The Kier molecular flexibility index (Phi) is 7.55. The number of hydrogen-bond acceptors (Lipinski definition) is 3. The van der Waals surface area contributed by atoms with E-state index in [-0.39, 0.29) is 5.92 Å². The summed E-state index contributed by atoms with van der Waals surface area (Å²) < 4.78 is 0. The molecule has 3 aromatic carbocycles. The monoisotopic (exact) mass is 518 g/mol. The van der Waals surface area contributed by atoms with Gasteiger partial charge >= 0.3 is 6.03 Å². The molecule has 1 heterocycles. The lowest BCUT2D eigenvalue weighted by molar-refractivity contribution is -0.127. The number of carbonyl (C=O) groups is 3. The molecule has 8 heteroatoms. The zero-order valence-corrected chi connectivity index (χ0v) is 21.8. The molecule has 4 rings (SSSR count). The third kappa shape index (κ3) is 5.62. The van der Waals surface area contributed by atoms with Gasteiger partial charge in [-0.3, -0.25) is 14.5 Å². The van der Waals surface area contributed by atoms with E-state index in [0.29, 0.717) is 22.8 Å². The van der Waals surface area contributed by atoms with Gasteiger partial charge in [0.25, 0.3) is 0 Å². The third-order valence-electron chi connectivity index (χ3n) is 6.56. The summed E-state index contributed by atoms with van der Waals surface area (Å²) in [6.07, 6.45) is 0.294. The smallest absolute Gasteiger partial charge is 0.319 e. The van der Waals surface area contributed by atoms with Crippen molar-refractivity contribution in [1.82, 2.24) is 5.32 Å². The average Bonchev–Trinajstić information content (AvgIpc) is 2.96. The highest BCUT2D eigenvalue weighted by molar-refractivity contribution is 6.33. The van der Waals surface area contributed by atoms with Crippen molar-refractivity contribution in [2.75, 3.05) is 10.2 Å². The van der Waals surface area contributed by atoms with Crippen molar-refractivity contribution in [2.45, 2.75) is 45.2 Å². The summed E-state index contributed by atoms with van der Waals surface area (Å²) in [6.45, 7) is 5.60. The van der Waals surface area contributed by atoms with Crippen molar-refractivity contribution in [1.29, 1.82) is 0 Å². The number of fused-ring (bicyclic) bond motifs is 1. The molecular weight excluding hydrogens is 488 g/mol. The van der Waals surface area contributed by atoms with Crippen LogP contribution in [0.5, 0.6) is 0 Å². The van der Waals surface area contributed by atoms with Gasteiger partial charge in [0.15, 0.2) is 0 Å². The Morgan fingerprint density at radius 3 is 2.24 bits per heavy atom. The molecule has 0 fully saturated rings. The summed E-state index contributed by atoms with van der Waals surface area (Å²) in [6, 6.07) is 21.7. The number of anilines is 2. The zero-order chi connectivity index (χ0) is 26.7. The number of para-hydroxylation sites is 2. The highest BCUT2D eigenvalue weighted by Gasteiger charge is 2.45. The van der Waals surface area contributed by atoms with Gasteiger partial charge in [-0.15, -0.1) is 0 Å². The summed E-state index contributed by atoms with van der Waals surface area (Å²) >= 11 is 6.21. The Balaban J connectivity index is 1.80. The first-order valence-corrected chi connectivity index (χ1v) is 12.5. The maximum atomic E-state index is 14.2. The van der Waals surface area contributed by atoms with Crippen molar-refractivity contribution >= 4 is 40.8 Å². The second-order valence-electron chi connectivity index (χ2n) is 10.3. The third-order valence-corrected chi connectivity index (χ3v) is 6.89. The molecule has 0 saturated heterocycles. The second-order valence-corrected chi connectivity index (χ2v) is 10.7. The van der Waals surface area contributed by atoms with Crippen LogP contribution in [0.15, 0.2) is 78.9 Å². The molecule has 1 aliphatic heterocycles. The molecule has 37 heavy (non-hydrogen) atoms. The standard InChI is InChI=1S/C29H31ClN4O3/c1-29(2,3)25(26(31)35)34-24-16-10-7-13-19(24)20(18-11-5-4-6-12-18)17-23(27(34)36)33-28(37)32-22-15-9-8-14-21(22)30/h4-16,20,23,25H,17H2,1-3H3,(H2,31,35)(H2,32,33,37). The van der Waals surface area contributed by atoms with Gasteiger partial charge in [-0.05, 0) is 41.2 Å². The minimum Gasteiger partial charge on any atom is -0.368 e. The molecule has 0 spiro atoms. The number of benzene rings is 3. The number of hydrogen-bond donors (Lipinski definition) is 3. The van der Waals surface area contributed by atoms with E-state index < -0.39 is 35.3 Å².